The van der Waals surface area contributed by atoms with Crippen molar-refractivity contribution in [1.82, 2.24) is 10.3 Å². The van der Waals surface area contributed by atoms with Crippen LogP contribution in [0.25, 0.3) is 10.9 Å². The van der Waals surface area contributed by atoms with Crippen molar-refractivity contribution in [1.29, 1.82) is 0 Å². The summed E-state index contributed by atoms with van der Waals surface area (Å²) >= 11 is 9.92. The average Bonchev–Trinajstić information content (AvgIpc) is 2.84. The number of methoxy groups -OCH3 is 2. The van der Waals surface area contributed by atoms with Crippen LogP contribution in [-0.4, -0.2) is 25.2 Å². The first-order valence-corrected chi connectivity index (χ1v) is 11.9. The molecular formula is C26H23BrClN3O4. The van der Waals surface area contributed by atoms with Crippen molar-refractivity contribution in [2.45, 2.75) is 13.0 Å². The second-order valence-electron chi connectivity index (χ2n) is 7.66. The molecule has 0 aliphatic rings. The zero-order chi connectivity index (χ0) is 24.9. The lowest BCUT2D eigenvalue weighted by atomic mass is 10.1. The van der Waals surface area contributed by atoms with Crippen molar-refractivity contribution < 1.29 is 19.0 Å². The Kier molecular flexibility index (Phi) is 7.63. The van der Waals surface area contributed by atoms with Gasteiger partial charge in [-0.15, -0.1) is 0 Å². The van der Waals surface area contributed by atoms with E-state index >= 15 is 0 Å². The van der Waals surface area contributed by atoms with Gasteiger partial charge >= 0.3 is 6.03 Å². The third-order valence-electron chi connectivity index (χ3n) is 5.31. The van der Waals surface area contributed by atoms with Crippen LogP contribution >= 0.6 is 27.5 Å². The SMILES string of the molecule is COc1cc2nccc(Oc3ccc(NC(=O)NC(C)c4cccc(Br)c4)cc3Cl)c2cc1OC. The number of benzene rings is 3. The Balaban J connectivity index is 1.49. The molecule has 0 saturated carbocycles. The number of urea groups is 1. The monoisotopic (exact) mass is 555 g/mol. The molecule has 0 fully saturated rings. The molecular weight excluding hydrogens is 534 g/mol. The number of hydrogen-bond acceptors (Lipinski definition) is 5. The van der Waals surface area contributed by atoms with Gasteiger partial charge in [-0.3, -0.25) is 4.98 Å². The fraction of sp³-hybridized carbons (Fsp3) is 0.154. The Morgan fingerprint density at radius 1 is 0.971 bits per heavy atom. The molecule has 0 bridgehead atoms. The molecule has 35 heavy (non-hydrogen) atoms. The quantitative estimate of drug-likeness (QED) is 0.249. The fourth-order valence-corrected chi connectivity index (χ4v) is 4.18. The second-order valence-corrected chi connectivity index (χ2v) is 8.98. The van der Waals surface area contributed by atoms with Crippen LogP contribution in [0.5, 0.6) is 23.0 Å². The van der Waals surface area contributed by atoms with Crippen molar-refractivity contribution in [3.05, 3.63) is 81.9 Å². The van der Waals surface area contributed by atoms with Gasteiger partial charge in [0.15, 0.2) is 11.5 Å². The normalized spacial score (nSPS) is 11.6. The number of fused-ring (bicyclic) bond motifs is 1. The van der Waals surface area contributed by atoms with E-state index in [9.17, 15) is 4.79 Å². The van der Waals surface area contributed by atoms with E-state index in [-0.39, 0.29) is 12.1 Å². The lowest BCUT2D eigenvalue weighted by Crippen LogP contribution is -2.31. The third kappa shape index (κ3) is 5.78. The molecule has 7 nitrogen and oxygen atoms in total. The van der Waals surface area contributed by atoms with E-state index in [2.05, 4.69) is 31.5 Å². The number of ether oxygens (including phenoxy) is 3. The number of aromatic nitrogens is 1. The third-order valence-corrected chi connectivity index (χ3v) is 6.10. The zero-order valence-corrected chi connectivity index (χ0v) is 21.6. The minimum absolute atomic E-state index is 0.179. The standard InChI is InChI=1S/C26H23BrClN3O4/c1-15(16-5-4-6-17(27)11-16)30-26(32)31-18-7-8-23(20(28)12-18)35-22-9-10-29-21-14-25(34-3)24(33-2)13-19(21)22/h4-15H,1-3H3,(H2,30,31,32). The fourth-order valence-electron chi connectivity index (χ4n) is 3.54. The molecule has 0 saturated heterocycles. The van der Waals surface area contributed by atoms with Crippen molar-refractivity contribution in [2.75, 3.05) is 19.5 Å². The number of nitrogens with one attached hydrogen (secondary N) is 2. The van der Waals surface area contributed by atoms with E-state index in [1.807, 2.05) is 31.2 Å². The van der Waals surface area contributed by atoms with E-state index in [0.29, 0.717) is 39.2 Å². The first kappa shape index (κ1) is 24.6. The molecule has 1 heterocycles. The number of nitrogens with zero attached hydrogens (tertiary/aromatic N) is 1. The number of carbonyl (C=O) groups excluding carboxylic acids is 1. The highest BCUT2D eigenvalue weighted by atomic mass is 79.9. The van der Waals surface area contributed by atoms with Crippen molar-refractivity contribution in [3.63, 3.8) is 0 Å². The lowest BCUT2D eigenvalue weighted by Gasteiger charge is -2.16. The Morgan fingerprint density at radius 3 is 2.46 bits per heavy atom. The van der Waals surface area contributed by atoms with Gasteiger partial charge in [-0.2, -0.15) is 0 Å². The summed E-state index contributed by atoms with van der Waals surface area (Å²) in [6.45, 7) is 1.91. The Bertz CT molecular complexity index is 1380. The van der Waals surface area contributed by atoms with E-state index in [4.69, 9.17) is 25.8 Å². The summed E-state index contributed by atoms with van der Waals surface area (Å²) < 4.78 is 17.8. The van der Waals surface area contributed by atoms with Crippen LogP contribution < -0.4 is 24.8 Å². The Hall–Kier alpha value is -3.49. The number of rotatable bonds is 7. The topological polar surface area (TPSA) is 81.7 Å². The van der Waals surface area contributed by atoms with Gasteiger partial charge in [-0.25, -0.2) is 4.79 Å². The summed E-state index contributed by atoms with van der Waals surface area (Å²) in [5, 5.41) is 6.80. The van der Waals surface area contributed by atoms with Gasteiger partial charge in [0.05, 0.1) is 30.8 Å². The Labute approximate surface area is 216 Å². The first-order valence-electron chi connectivity index (χ1n) is 10.7. The van der Waals surface area contributed by atoms with Crippen molar-refractivity contribution in [2.24, 2.45) is 0 Å². The predicted octanol–water partition coefficient (Wildman–Crippen LogP) is 7.34. The number of halogens is 2. The maximum absolute atomic E-state index is 12.5. The van der Waals surface area contributed by atoms with Gasteiger partial charge in [0.25, 0.3) is 0 Å². The molecule has 1 atom stereocenters. The molecule has 2 N–H and O–H groups in total. The summed E-state index contributed by atoms with van der Waals surface area (Å²) in [5.41, 5.74) is 2.20. The highest BCUT2D eigenvalue weighted by Crippen LogP contribution is 2.38. The number of amides is 2. The molecule has 0 radical (unpaired) electrons. The van der Waals surface area contributed by atoms with Crippen molar-refractivity contribution in [3.8, 4) is 23.0 Å². The molecule has 0 aliphatic carbocycles. The van der Waals surface area contributed by atoms with E-state index in [1.165, 1.54) is 0 Å². The zero-order valence-electron chi connectivity index (χ0n) is 19.3. The largest absolute Gasteiger partial charge is 0.493 e. The molecule has 1 unspecified atom stereocenters. The highest BCUT2D eigenvalue weighted by Gasteiger charge is 2.14. The predicted molar refractivity (Wildman–Crippen MR) is 141 cm³/mol. The lowest BCUT2D eigenvalue weighted by molar-refractivity contribution is 0.249. The van der Waals surface area contributed by atoms with Gasteiger partial charge in [0.1, 0.15) is 11.5 Å². The van der Waals surface area contributed by atoms with Crippen LogP contribution in [0.15, 0.2) is 71.3 Å². The van der Waals surface area contributed by atoms with Crippen LogP contribution in [0.3, 0.4) is 0 Å². The average molecular weight is 557 g/mol. The van der Waals surface area contributed by atoms with Gasteiger partial charge in [-0.1, -0.05) is 39.7 Å². The smallest absolute Gasteiger partial charge is 0.319 e. The second kappa shape index (κ2) is 10.8. The summed E-state index contributed by atoms with van der Waals surface area (Å²) in [6, 6.07) is 17.6. The maximum atomic E-state index is 12.5. The Morgan fingerprint density at radius 2 is 1.74 bits per heavy atom. The molecule has 4 aromatic rings. The first-order chi connectivity index (χ1) is 16.9. The minimum atomic E-state index is -0.344. The molecule has 0 spiro atoms. The highest BCUT2D eigenvalue weighted by molar-refractivity contribution is 9.10. The van der Waals surface area contributed by atoms with Crippen molar-refractivity contribution >= 4 is 50.2 Å². The van der Waals surface area contributed by atoms with Crippen LogP contribution in [0.1, 0.15) is 18.5 Å². The van der Waals surface area contributed by atoms with E-state index in [0.717, 1.165) is 15.4 Å². The van der Waals surface area contributed by atoms with E-state index in [1.54, 1.807) is 56.8 Å². The van der Waals surface area contributed by atoms with Gasteiger partial charge in [-0.05, 0) is 55.0 Å². The molecule has 1 aromatic heterocycles. The number of anilines is 1. The van der Waals surface area contributed by atoms with Crippen LogP contribution in [0.2, 0.25) is 5.02 Å². The summed E-state index contributed by atoms with van der Waals surface area (Å²) in [6.07, 6.45) is 1.64. The summed E-state index contributed by atoms with van der Waals surface area (Å²) in [7, 11) is 3.14. The van der Waals surface area contributed by atoms with Gasteiger partial charge in [0.2, 0.25) is 0 Å². The molecule has 3 aromatic carbocycles. The number of carbonyl (C=O) groups is 1. The van der Waals surface area contributed by atoms with Gasteiger partial charge in [0, 0.05) is 27.8 Å². The minimum Gasteiger partial charge on any atom is -0.493 e. The van der Waals surface area contributed by atoms with Crippen LogP contribution in [0, 0.1) is 0 Å². The van der Waals surface area contributed by atoms with Crippen LogP contribution in [0.4, 0.5) is 10.5 Å². The van der Waals surface area contributed by atoms with Gasteiger partial charge < -0.3 is 24.8 Å². The molecule has 9 heteroatoms. The number of hydrogen-bond donors (Lipinski definition) is 2. The molecule has 2 amide bonds. The van der Waals surface area contributed by atoms with E-state index < -0.39 is 0 Å². The maximum Gasteiger partial charge on any atom is 0.319 e. The number of pyridine rings is 1. The summed E-state index contributed by atoms with van der Waals surface area (Å²) in [5.74, 6) is 2.12. The molecule has 0 aliphatic heterocycles. The molecule has 4 rings (SSSR count). The van der Waals surface area contributed by atoms with Crippen LogP contribution in [-0.2, 0) is 0 Å². The molecule has 180 valence electrons. The summed E-state index contributed by atoms with van der Waals surface area (Å²) in [4.78, 5) is 16.9.